The number of nitrogens with one attached hydrogen (secondary N) is 2. The van der Waals surface area contributed by atoms with Crippen LogP contribution in [0.4, 0.5) is 4.79 Å². The van der Waals surface area contributed by atoms with E-state index in [1.165, 1.54) is 13.2 Å². The standard InChI is InChI=1S/C30H32N2O5/c1-5-21(2)31-26(14-10-11-22(3)32-30(34)35-4)29(33)28-19-24-15-16-25(17-18-27(24)37-28)36-20-23-12-8-6-7-9-13-23/h5-6,8-9,11-15,17-19,31H,1-2,7,10,16,20H2,3-4H3,(H,32,34)/b22-11+,26-14-. The summed E-state index contributed by atoms with van der Waals surface area (Å²) in [5, 5.41) is 6.36. The summed E-state index contributed by atoms with van der Waals surface area (Å²) in [6.07, 6.45) is 22.3. The molecule has 2 aliphatic carbocycles. The number of alkyl carbamates (subject to hydrolysis) is 1. The molecule has 0 bridgehead atoms. The molecule has 2 aliphatic rings. The third-order valence-electron chi connectivity index (χ3n) is 5.45. The lowest BCUT2D eigenvalue weighted by molar-refractivity contribution is 0.0996. The Balaban J connectivity index is 1.75. The minimum atomic E-state index is -0.560. The first-order valence-corrected chi connectivity index (χ1v) is 11.9. The lowest BCUT2D eigenvalue weighted by atomic mass is 10.1. The van der Waals surface area contributed by atoms with E-state index >= 15 is 0 Å². The van der Waals surface area contributed by atoms with Gasteiger partial charge in [-0.05, 0) is 49.6 Å². The van der Waals surface area contributed by atoms with Crippen molar-refractivity contribution >= 4 is 24.0 Å². The number of rotatable bonds is 11. The van der Waals surface area contributed by atoms with Crippen molar-refractivity contribution < 1.29 is 23.5 Å². The molecule has 0 radical (unpaired) electrons. The molecule has 0 saturated carbocycles. The van der Waals surface area contributed by atoms with E-state index in [1.54, 1.807) is 25.1 Å². The van der Waals surface area contributed by atoms with Gasteiger partial charge in [0, 0.05) is 23.0 Å². The van der Waals surface area contributed by atoms with Gasteiger partial charge in [0.2, 0.25) is 5.78 Å². The van der Waals surface area contributed by atoms with Crippen LogP contribution in [-0.2, 0) is 9.47 Å². The van der Waals surface area contributed by atoms with Crippen molar-refractivity contribution in [2.75, 3.05) is 13.7 Å². The minimum absolute atomic E-state index is 0.194. The van der Waals surface area contributed by atoms with E-state index in [-0.39, 0.29) is 17.2 Å². The zero-order valence-corrected chi connectivity index (χ0v) is 21.2. The Bertz CT molecular complexity index is 1360. The molecule has 2 N–H and O–H groups in total. The maximum atomic E-state index is 13.3. The van der Waals surface area contributed by atoms with E-state index in [2.05, 4.69) is 46.8 Å². The molecule has 1 heterocycles. The van der Waals surface area contributed by atoms with Crippen LogP contribution in [0.2, 0.25) is 0 Å². The number of furan rings is 1. The average molecular weight is 501 g/mol. The summed E-state index contributed by atoms with van der Waals surface area (Å²) >= 11 is 0. The number of Topliss-reactive ketones (excluding diaryl/α,β-unsaturated/α-hetero) is 1. The summed E-state index contributed by atoms with van der Waals surface area (Å²) in [5.41, 5.74) is 3.03. The zero-order valence-electron chi connectivity index (χ0n) is 21.2. The maximum Gasteiger partial charge on any atom is 0.411 e. The van der Waals surface area contributed by atoms with E-state index < -0.39 is 6.09 Å². The Morgan fingerprint density at radius 3 is 2.78 bits per heavy atom. The number of hydrogen-bond donors (Lipinski definition) is 2. The highest BCUT2D eigenvalue weighted by Crippen LogP contribution is 2.13. The third kappa shape index (κ3) is 8.28. The number of carbonyl (C=O) groups is 2. The summed E-state index contributed by atoms with van der Waals surface area (Å²) in [6.45, 7) is 9.73. The number of carbonyl (C=O) groups excluding carboxylic acids is 2. The molecule has 0 fully saturated rings. The first kappa shape index (κ1) is 27.1. The quantitative estimate of drug-likeness (QED) is 0.262. The molecular weight excluding hydrogens is 468 g/mol. The Kier molecular flexibility index (Phi) is 9.91. The van der Waals surface area contributed by atoms with Crippen LogP contribution < -0.4 is 21.3 Å². The molecular formula is C30H32N2O5. The van der Waals surface area contributed by atoms with Gasteiger partial charge in [-0.15, -0.1) is 0 Å². The van der Waals surface area contributed by atoms with Gasteiger partial charge in [-0.25, -0.2) is 4.79 Å². The zero-order chi connectivity index (χ0) is 26.6. The maximum absolute atomic E-state index is 13.3. The van der Waals surface area contributed by atoms with Gasteiger partial charge in [0.05, 0.1) is 12.8 Å². The monoisotopic (exact) mass is 500 g/mol. The molecule has 7 heteroatoms. The van der Waals surface area contributed by atoms with Crippen LogP contribution in [-0.4, -0.2) is 25.6 Å². The Morgan fingerprint density at radius 1 is 1.16 bits per heavy atom. The summed E-state index contributed by atoms with van der Waals surface area (Å²) < 4.78 is 16.5. The topological polar surface area (TPSA) is 89.8 Å². The number of ketones is 1. The van der Waals surface area contributed by atoms with Crippen LogP contribution in [0, 0.1) is 0 Å². The van der Waals surface area contributed by atoms with Crippen molar-refractivity contribution in [2.45, 2.75) is 26.2 Å². The number of methoxy groups -OCH3 is 1. The molecule has 0 atom stereocenters. The van der Waals surface area contributed by atoms with Crippen LogP contribution in [0.1, 0.15) is 36.7 Å². The van der Waals surface area contributed by atoms with Gasteiger partial charge in [-0.2, -0.15) is 0 Å². The van der Waals surface area contributed by atoms with E-state index in [9.17, 15) is 9.59 Å². The molecule has 0 saturated heterocycles. The molecule has 192 valence electrons. The highest BCUT2D eigenvalue weighted by Gasteiger charge is 2.17. The van der Waals surface area contributed by atoms with Gasteiger partial charge >= 0.3 is 6.09 Å². The number of ether oxygens (including phenoxy) is 2. The molecule has 1 aromatic heterocycles. The molecule has 0 spiro atoms. The van der Waals surface area contributed by atoms with Crippen molar-refractivity contribution in [3.63, 3.8) is 0 Å². The number of fused-ring (bicyclic) bond motifs is 1. The van der Waals surface area contributed by atoms with Crippen LogP contribution in [0.5, 0.6) is 0 Å². The smallest absolute Gasteiger partial charge is 0.411 e. The number of allylic oxidation sites excluding steroid dienone is 11. The van der Waals surface area contributed by atoms with Crippen molar-refractivity contribution in [3.05, 3.63) is 119 Å². The predicted molar refractivity (Wildman–Crippen MR) is 145 cm³/mol. The fourth-order valence-corrected chi connectivity index (χ4v) is 3.44. The normalized spacial score (nSPS) is 15.0. The lowest BCUT2D eigenvalue weighted by Gasteiger charge is -2.09. The number of amides is 1. The van der Waals surface area contributed by atoms with Crippen LogP contribution in [0.15, 0.2) is 107 Å². The van der Waals surface area contributed by atoms with Crippen LogP contribution in [0.3, 0.4) is 0 Å². The van der Waals surface area contributed by atoms with Gasteiger partial charge in [-0.1, -0.05) is 61.8 Å². The van der Waals surface area contributed by atoms with E-state index in [1.807, 2.05) is 30.4 Å². The summed E-state index contributed by atoms with van der Waals surface area (Å²) in [6, 6.07) is 1.72. The van der Waals surface area contributed by atoms with Crippen LogP contribution >= 0.6 is 0 Å². The average Bonchev–Trinajstić information content (AvgIpc) is 3.02. The third-order valence-corrected chi connectivity index (χ3v) is 5.45. The first-order chi connectivity index (χ1) is 17.9. The van der Waals surface area contributed by atoms with Gasteiger partial charge in [0.25, 0.3) is 0 Å². The summed E-state index contributed by atoms with van der Waals surface area (Å²) in [5.74, 6) is 0.680. The molecule has 3 rings (SSSR count). The molecule has 0 aromatic carbocycles. The van der Waals surface area contributed by atoms with Crippen molar-refractivity contribution in [2.24, 2.45) is 0 Å². The largest absolute Gasteiger partial charge is 0.493 e. The van der Waals surface area contributed by atoms with E-state index in [4.69, 9.17) is 9.15 Å². The molecule has 7 nitrogen and oxygen atoms in total. The molecule has 1 aromatic rings. The predicted octanol–water partition coefficient (Wildman–Crippen LogP) is 4.59. The molecule has 1 amide bonds. The SMILES string of the molecule is C=CC(=C)N/C(=C\C/C=C(\C)NC(=O)OC)C(=O)c1cc2c(o1)=CC=C(OCC1=CC=CCC=C1)CC=2. The minimum Gasteiger partial charge on any atom is -0.493 e. The molecule has 0 unspecified atom stereocenters. The van der Waals surface area contributed by atoms with Gasteiger partial charge < -0.3 is 19.2 Å². The Hall–Kier alpha value is -4.52. The van der Waals surface area contributed by atoms with E-state index in [0.717, 1.165) is 23.0 Å². The van der Waals surface area contributed by atoms with Crippen molar-refractivity contribution in [1.82, 2.24) is 10.6 Å². The first-order valence-electron chi connectivity index (χ1n) is 11.9. The number of hydrogen-bond acceptors (Lipinski definition) is 6. The Labute approximate surface area is 216 Å². The van der Waals surface area contributed by atoms with Gasteiger partial charge in [0.15, 0.2) is 5.76 Å². The Morgan fingerprint density at radius 2 is 2.00 bits per heavy atom. The van der Waals surface area contributed by atoms with Gasteiger partial charge in [0.1, 0.15) is 17.8 Å². The van der Waals surface area contributed by atoms with Crippen molar-refractivity contribution in [3.8, 4) is 0 Å². The fourth-order valence-electron chi connectivity index (χ4n) is 3.44. The highest BCUT2D eigenvalue weighted by atomic mass is 16.5. The van der Waals surface area contributed by atoms with E-state index in [0.29, 0.717) is 36.3 Å². The second kappa shape index (κ2) is 13.5. The lowest BCUT2D eigenvalue weighted by Crippen LogP contribution is -2.21. The fraction of sp³-hybridized carbons (Fsp3) is 0.200. The summed E-state index contributed by atoms with van der Waals surface area (Å²) in [7, 11) is 1.29. The van der Waals surface area contributed by atoms with Gasteiger partial charge in [-0.3, -0.25) is 10.1 Å². The highest BCUT2D eigenvalue weighted by molar-refractivity contribution is 6.06. The molecule has 0 aliphatic heterocycles. The summed E-state index contributed by atoms with van der Waals surface area (Å²) in [4.78, 5) is 24.6. The molecule has 37 heavy (non-hydrogen) atoms. The van der Waals surface area contributed by atoms with Crippen molar-refractivity contribution in [1.29, 1.82) is 0 Å². The second-order valence-corrected chi connectivity index (χ2v) is 8.28. The van der Waals surface area contributed by atoms with Crippen LogP contribution in [0.25, 0.3) is 12.2 Å². The second-order valence-electron chi connectivity index (χ2n) is 8.28.